The van der Waals surface area contributed by atoms with Crippen molar-refractivity contribution in [2.45, 2.75) is 19.6 Å². The number of hydrogen-bond acceptors (Lipinski definition) is 5. The lowest BCUT2D eigenvalue weighted by Gasteiger charge is -2.26. The van der Waals surface area contributed by atoms with E-state index in [1.165, 1.54) is 21.4 Å². The Balaban J connectivity index is 1.35. The van der Waals surface area contributed by atoms with Crippen molar-refractivity contribution >= 4 is 22.2 Å². The molecule has 0 spiro atoms. The van der Waals surface area contributed by atoms with Crippen LogP contribution in [-0.4, -0.2) is 24.2 Å². The molecule has 1 atom stereocenters. The summed E-state index contributed by atoms with van der Waals surface area (Å²) in [5.41, 5.74) is 4.52. The maximum atomic E-state index is 6.06. The number of rotatable bonds is 5. The number of ether oxygens (including phenoxy) is 2. The summed E-state index contributed by atoms with van der Waals surface area (Å²) < 4.78 is 11.9. The lowest BCUT2D eigenvalue weighted by molar-refractivity contribution is 0.0902. The van der Waals surface area contributed by atoms with Gasteiger partial charge in [0.05, 0.1) is 16.1 Å². The van der Waals surface area contributed by atoms with Gasteiger partial charge in [0, 0.05) is 18.5 Å². The summed E-state index contributed by atoms with van der Waals surface area (Å²) in [5, 5.41) is 6.82. The number of para-hydroxylation sites is 3. The predicted octanol–water partition coefficient (Wildman–Crippen LogP) is 5.20. The molecular weight excluding hydrogens is 380 g/mol. The molecule has 1 aliphatic heterocycles. The fraction of sp³-hybridized carbons (Fsp3) is 0.208. The molecular formula is C24H22N2O2S. The van der Waals surface area contributed by atoms with Crippen LogP contribution in [0.25, 0.3) is 21.5 Å². The second-order valence-corrected chi connectivity index (χ2v) is 8.20. The summed E-state index contributed by atoms with van der Waals surface area (Å²) in [5.74, 6) is 1.63. The van der Waals surface area contributed by atoms with Gasteiger partial charge in [-0.2, -0.15) is 0 Å². The molecule has 1 unspecified atom stereocenters. The van der Waals surface area contributed by atoms with E-state index in [1.54, 1.807) is 11.3 Å². The zero-order valence-corrected chi connectivity index (χ0v) is 17.0. The number of hydrogen-bond donors (Lipinski definition) is 1. The van der Waals surface area contributed by atoms with Gasteiger partial charge in [-0.1, -0.05) is 36.4 Å². The smallest absolute Gasteiger partial charge is 0.161 e. The zero-order valence-electron chi connectivity index (χ0n) is 16.2. The Labute approximate surface area is 174 Å². The average Bonchev–Trinajstić information content (AvgIpc) is 3.28. The van der Waals surface area contributed by atoms with Crippen LogP contribution in [0, 0.1) is 6.92 Å². The Hall–Kier alpha value is -2.89. The van der Waals surface area contributed by atoms with Crippen LogP contribution in [-0.2, 0) is 6.54 Å². The highest BCUT2D eigenvalue weighted by molar-refractivity contribution is 7.13. The topological polar surface area (TPSA) is 43.4 Å². The third kappa shape index (κ3) is 3.71. The van der Waals surface area contributed by atoms with Crippen molar-refractivity contribution < 1.29 is 9.47 Å². The fourth-order valence-corrected chi connectivity index (χ4v) is 4.43. The first-order valence-corrected chi connectivity index (χ1v) is 10.7. The van der Waals surface area contributed by atoms with Gasteiger partial charge in [-0.05, 0) is 47.7 Å². The molecule has 4 aromatic rings. The number of thiophene rings is 1. The van der Waals surface area contributed by atoms with E-state index in [1.807, 2.05) is 24.3 Å². The summed E-state index contributed by atoms with van der Waals surface area (Å²) >= 11 is 1.72. The molecule has 2 aromatic carbocycles. The van der Waals surface area contributed by atoms with Gasteiger partial charge >= 0.3 is 0 Å². The molecule has 0 aliphatic carbocycles. The maximum absolute atomic E-state index is 6.06. The molecule has 1 aliphatic rings. The molecule has 0 fully saturated rings. The van der Waals surface area contributed by atoms with Crippen LogP contribution in [0.1, 0.15) is 11.1 Å². The van der Waals surface area contributed by atoms with Crippen LogP contribution < -0.4 is 14.8 Å². The van der Waals surface area contributed by atoms with Crippen LogP contribution >= 0.6 is 11.3 Å². The van der Waals surface area contributed by atoms with Crippen molar-refractivity contribution in [1.29, 1.82) is 0 Å². The number of aromatic nitrogens is 1. The summed E-state index contributed by atoms with van der Waals surface area (Å²) in [6.07, 6.45) is -0.00857. The lowest BCUT2D eigenvalue weighted by Crippen LogP contribution is -2.38. The predicted molar refractivity (Wildman–Crippen MR) is 118 cm³/mol. The minimum atomic E-state index is -0.00857. The van der Waals surface area contributed by atoms with Gasteiger partial charge in [-0.15, -0.1) is 11.3 Å². The Kier molecular flexibility index (Phi) is 4.92. The molecule has 146 valence electrons. The monoisotopic (exact) mass is 402 g/mol. The first kappa shape index (κ1) is 18.2. The van der Waals surface area contributed by atoms with Gasteiger partial charge < -0.3 is 14.8 Å². The average molecular weight is 403 g/mol. The Morgan fingerprint density at radius 3 is 2.83 bits per heavy atom. The van der Waals surface area contributed by atoms with Crippen molar-refractivity contribution in [3.05, 3.63) is 77.2 Å². The molecule has 0 bridgehead atoms. The number of pyridine rings is 1. The maximum Gasteiger partial charge on any atom is 0.161 e. The quantitative estimate of drug-likeness (QED) is 0.498. The standard InChI is InChI=1S/C24H22N2O2S/c1-16-6-4-7-17-12-18(24(26-23(16)17)22-10-5-11-29-22)13-25-14-19-15-27-20-8-2-3-9-21(20)28-19/h2-12,19,25H,13-15H2,1H3. The molecule has 5 heteroatoms. The molecule has 3 heterocycles. The molecule has 1 N–H and O–H groups in total. The first-order valence-electron chi connectivity index (χ1n) is 9.80. The third-order valence-corrected chi connectivity index (χ3v) is 6.01. The number of nitrogens with zero attached hydrogens (tertiary/aromatic N) is 1. The molecule has 4 nitrogen and oxygen atoms in total. The van der Waals surface area contributed by atoms with Crippen molar-refractivity contribution in [2.75, 3.05) is 13.2 Å². The molecule has 0 radical (unpaired) electrons. The molecule has 0 saturated heterocycles. The highest BCUT2D eigenvalue weighted by atomic mass is 32.1. The largest absolute Gasteiger partial charge is 0.486 e. The van der Waals surface area contributed by atoms with Crippen LogP contribution in [0.3, 0.4) is 0 Å². The second-order valence-electron chi connectivity index (χ2n) is 7.25. The van der Waals surface area contributed by atoms with E-state index in [-0.39, 0.29) is 6.10 Å². The number of benzene rings is 2. The van der Waals surface area contributed by atoms with Gasteiger partial charge in [0.2, 0.25) is 0 Å². The Morgan fingerprint density at radius 2 is 1.97 bits per heavy atom. The van der Waals surface area contributed by atoms with E-state index in [2.05, 4.69) is 54.0 Å². The van der Waals surface area contributed by atoms with Crippen molar-refractivity contribution in [2.24, 2.45) is 0 Å². The van der Waals surface area contributed by atoms with Gasteiger partial charge in [0.25, 0.3) is 0 Å². The SMILES string of the molecule is Cc1cccc2cc(CNCC3COc4ccccc4O3)c(-c3cccs3)nc12. The van der Waals surface area contributed by atoms with Crippen molar-refractivity contribution in [3.8, 4) is 22.1 Å². The first-order chi connectivity index (χ1) is 14.3. The van der Waals surface area contributed by atoms with E-state index in [0.717, 1.165) is 29.3 Å². The van der Waals surface area contributed by atoms with Crippen molar-refractivity contribution in [3.63, 3.8) is 0 Å². The molecule has 2 aromatic heterocycles. The molecule has 0 amide bonds. The highest BCUT2D eigenvalue weighted by Crippen LogP contribution is 2.32. The number of nitrogens with one attached hydrogen (secondary N) is 1. The van der Waals surface area contributed by atoms with Crippen LogP contribution in [0.4, 0.5) is 0 Å². The summed E-state index contributed by atoms with van der Waals surface area (Å²) in [6, 6.07) is 20.6. The van der Waals surface area contributed by atoms with Gasteiger partial charge in [0.15, 0.2) is 11.5 Å². The minimum absolute atomic E-state index is 0.00857. The Bertz CT molecular complexity index is 1140. The van der Waals surface area contributed by atoms with E-state index in [9.17, 15) is 0 Å². The fourth-order valence-electron chi connectivity index (χ4n) is 3.68. The van der Waals surface area contributed by atoms with E-state index in [4.69, 9.17) is 14.5 Å². The van der Waals surface area contributed by atoms with E-state index < -0.39 is 0 Å². The second kappa shape index (κ2) is 7.85. The Morgan fingerprint density at radius 1 is 1.07 bits per heavy atom. The summed E-state index contributed by atoms with van der Waals surface area (Å²) in [4.78, 5) is 6.22. The lowest BCUT2D eigenvalue weighted by atomic mass is 10.1. The minimum Gasteiger partial charge on any atom is -0.486 e. The van der Waals surface area contributed by atoms with E-state index in [0.29, 0.717) is 13.2 Å². The van der Waals surface area contributed by atoms with Gasteiger partial charge in [-0.25, -0.2) is 4.98 Å². The zero-order chi connectivity index (χ0) is 19.6. The number of aryl methyl sites for hydroxylation is 1. The van der Waals surface area contributed by atoms with Crippen molar-refractivity contribution in [1.82, 2.24) is 10.3 Å². The highest BCUT2D eigenvalue weighted by Gasteiger charge is 2.20. The van der Waals surface area contributed by atoms with Gasteiger partial charge in [-0.3, -0.25) is 0 Å². The molecule has 5 rings (SSSR count). The van der Waals surface area contributed by atoms with E-state index >= 15 is 0 Å². The summed E-state index contributed by atoms with van der Waals surface area (Å²) in [6.45, 7) is 4.11. The third-order valence-electron chi connectivity index (χ3n) is 5.14. The van der Waals surface area contributed by atoms with Crippen LogP contribution in [0.2, 0.25) is 0 Å². The number of fused-ring (bicyclic) bond motifs is 2. The van der Waals surface area contributed by atoms with Gasteiger partial charge in [0.1, 0.15) is 12.7 Å². The molecule has 0 saturated carbocycles. The molecule has 29 heavy (non-hydrogen) atoms. The normalized spacial score (nSPS) is 15.6. The van der Waals surface area contributed by atoms with Crippen LogP contribution in [0.15, 0.2) is 66.0 Å². The summed E-state index contributed by atoms with van der Waals surface area (Å²) in [7, 11) is 0. The van der Waals surface area contributed by atoms with Crippen LogP contribution in [0.5, 0.6) is 11.5 Å².